The van der Waals surface area contributed by atoms with E-state index in [1.807, 2.05) is 0 Å². The number of pyridine rings is 1. The standard InChI is InChI=1S/C11H18N2O3S/c1-3-4-5-8-13(2)17(15,16)11-9-12-7-6-10(11)14/h6-7,9H,3-5,8H2,1-2H3,(H,12,14). The van der Waals surface area contributed by atoms with Gasteiger partial charge in [0.2, 0.25) is 15.5 Å². The van der Waals surface area contributed by atoms with Gasteiger partial charge in [0.1, 0.15) is 4.90 Å². The zero-order valence-corrected chi connectivity index (χ0v) is 11.0. The van der Waals surface area contributed by atoms with Gasteiger partial charge in [-0.15, -0.1) is 0 Å². The van der Waals surface area contributed by atoms with Gasteiger partial charge in [-0.1, -0.05) is 19.8 Å². The van der Waals surface area contributed by atoms with Crippen LogP contribution in [0.4, 0.5) is 0 Å². The molecule has 17 heavy (non-hydrogen) atoms. The lowest BCUT2D eigenvalue weighted by molar-refractivity contribution is 0.453. The van der Waals surface area contributed by atoms with E-state index in [2.05, 4.69) is 11.9 Å². The average molecular weight is 258 g/mol. The van der Waals surface area contributed by atoms with Crippen LogP contribution in [0.15, 0.2) is 28.2 Å². The van der Waals surface area contributed by atoms with Crippen molar-refractivity contribution in [2.45, 2.75) is 31.1 Å². The van der Waals surface area contributed by atoms with Crippen LogP contribution in [0.25, 0.3) is 0 Å². The third-order valence-corrected chi connectivity index (χ3v) is 4.43. The van der Waals surface area contributed by atoms with Gasteiger partial charge in [-0.2, -0.15) is 0 Å². The van der Waals surface area contributed by atoms with Gasteiger partial charge >= 0.3 is 0 Å². The SMILES string of the molecule is CCCCCN(C)S(=O)(=O)c1c[nH]ccc1=O. The molecule has 1 aromatic rings. The molecule has 0 saturated carbocycles. The predicted octanol–water partition coefficient (Wildman–Crippen LogP) is 1.19. The van der Waals surface area contributed by atoms with Crippen molar-refractivity contribution >= 4 is 10.0 Å². The van der Waals surface area contributed by atoms with Crippen LogP contribution in [0.1, 0.15) is 26.2 Å². The number of aromatic amines is 1. The number of aromatic nitrogens is 1. The van der Waals surface area contributed by atoms with Crippen molar-refractivity contribution in [3.8, 4) is 0 Å². The van der Waals surface area contributed by atoms with Crippen LogP contribution >= 0.6 is 0 Å². The maximum atomic E-state index is 12.1. The smallest absolute Gasteiger partial charge is 0.248 e. The van der Waals surface area contributed by atoms with E-state index < -0.39 is 15.5 Å². The lowest BCUT2D eigenvalue weighted by Gasteiger charge is -2.16. The molecule has 0 aliphatic heterocycles. The van der Waals surface area contributed by atoms with Crippen molar-refractivity contribution in [3.05, 3.63) is 28.7 Å². The molecular formula is C11H18N2O3S. The van der Waals surface area contributed by atoms with Crippen LogP contribution in [0.2, 0.25) is 0 Å². The molecule has 6 heteroatoms. The summed E-state index contributed by atoms with van der Waals surface area (Å²) in [4.78, 5) is 13.9. The first-order valence-corrected chi connectivity index (χ1v) is 7.07. The zero-order valence-electron chi connectivity index (χ0n) is 10.1. The summed E-state index contributed by atoms with van der Waals surface area (Å²) in [5.74, 6) is 0. The third-order valence-electron chi connectivity index (χ3n) is 2.55. The van der Waals surface area contributed by atoms with E-state index in [0.717, 1.165) is 19.3 Å². The number of hydrogen-bond acceptors (Lipinski definition) is 3. The van der Waals surface area contributed by atoms with Crippen LogP contribution < -0.4 is 5.43 Å². The highest BCUT2D eigenvalue weighted by Crippen LogP contribution is 2.09. The number of H-pyrrole nitrogens is 1. The second kappa shape index (κ2) is 5.97. The van der Waals surface area contributed by atoms with Crippen molar-refractivity contribution in [2.75, 3.05) is 13.6 Å². The minimum absolute atomic E-state index is 0.195. The Kier molecular flexibility index (Phi) is 4.89. The van der Waals surface area contributed by atoms with Gasteiger partial charge in [0, 0.05) is 32.1 Å². The molecule has 0 aliphatic rings. The molecule has 0 aromatic carbocycles. The van der Waals surface area contributed by atoms with E-state index in [1.165, 1.54) is 29.8 Å². The average Bonchev–Trinajstić information content (AvgIpc) is 2.29. The molecule has 0 saturated heterocycles. The molecule has 1 rings (SSSR count). The summed E-state index contributed by atoms with van der Waals surface area (Å²) >= 11 is 0. The lowest BCUT2D eigenvalue weighted by Crippen LogP contribution is -2.31. The maximum absolute atomic E-state index is 12.1. The number of nitrogens with one attached hydrogen (secondary N) is 1. The number of hydrogen-bond donors (Lipinski definition) is 1. The van der Waals surface area contributed by atoms with E-state index in [4.69, 9.17) is 0 Å². The summed E-state index contributed by atoms with van der Waals surface area (Å²) < 4.78 is 25.3. The number of nitrogens with zero attached hydrogens (tertiary/aromatic N) is 1. The summed E-state index contributed by atoms with van der Waals surface area (Å²) in [6.45, 7) is 2.49. The van der Waals surface area contributed by atoms with E-state index in [-0.39, 0.29) is 4.90 Å². The minimum Gasteiger partial charge on any atom is -0.366 e. The monoisotopic (exact) mass is 258 g/mol. The van der Waals surface area contributed by atoms with Crippen molar-refractivity contribution < 1.29 is 8.42 Å². The van der Waals surface area contributed by atoms with Crippen molar-refractivity contribution in [3.63, 3.8) is 0 Å². The van der Waals surface area contributed by atoms with Gasteiger partial charge in [-0.05, 0) is 6.42 Å². The first kappa shape index (κ1) is 13.9. The fourth-order valence-electron chi connectivity index (χ4n) is 1.47. The van der Waals surface area contributed by atoms with Gasteiger partial charge < -0.3 is 4.98 Å². The maximum Gasteiger partial charge on any atom is 0.248 e. The van der Waals surface area contributed by atoms with Crippen LogP contribution in [0, 0.1) is 0 Å². The summed E-state index contributed by atoms with van der Waals surface area (Å²) in [6.07, 6.45) is 5.45. The lowest BCUT2D eigenvalue weighted by atomic mass is 10.2. The Morgan fingerprint density at radius 2 is 2.06 bits per heavy atom. The summed E-state index contributed by atoms with van der Waals surface area (Å²) in [7, 11) is -2.16. The molecule has 1 aromatic heterocycles. The molecule has 5 nitrogen and oxygen atoms in total. The van der Waals surface area contributed by atoms with Gasteiger partial charge in [0.05, 0.1) is 0 Å². The van der Waals surface area contributed by atoms with Gasteiger partial charge in [-0.3, -0.25) is 4.79 Å². The Labute approximate surface area is 102 Å². The largest absolute Gasteiger partial charge is 0.366 e. The first-order valence-electron chi connectivity index (χ1n) is 5.63. The highest BCUT2D eigenvalue weighted by Gasteiger charge is 2.22. The summed E-state index contributed by atoms with van der Waals surface area (Å²) in [5, 5.41) is 0. The van der Waals surface area contributed by atoms with Crippen LogP contribution in [0.5, 0.6) is 0 Å². The highest BCUT2D eigenvalue weighted by atomic mass is 32.2. The summed E-state index contributed by atoms with van der Waals surface area (Å²) in [6, 6.07) is 1.22. The van der Waals surface area contributed by atoms with Crippen LogP contribution in [-0.2, 0) is 10.0 Å². The molecule has 96 valence electrons. The van der Waals surface area contributed by atoms with Crippen LogP contribution in [-0.4, -0.2) is 31.3 Å². The second-order valence-corrected chi connectivity index (χ2v) is 5.92. The van der Waals surface area contributed by atoms with E-state index in [9.17, 15) is 13.2 Å². The molecular weight excluding hydrogens is 240 g/mol. The molecule has 0 atom stereocenters. The molecule has 0 bridgehead atoms. The van der Waals surface area contributed by atoms with Crippen molar-refractivity contribution in [2.24, 2.45) is 0 Å². The van der Waals surface area contributed by atoms with Crippen molar-refractivity contribution in [1.82, 2.24) is 9.29 Å². The third kappa shape index (κ3) is 3.41. The first-order chi connectivity index (χ1) is 8.00. The Morgan fingerprint density at radius 3 is 2.65 bits per heavy atom. The Hall–Kier alpha value is -1.14. The fourth-order valence-corrected chi connectivity index (χ4v) is 2.72. The molecule has 0 unspecified atom stereocenters. The van der Waals surface area contributed by atoms with E-state index >= 15 is 0 Å². The molecule has 1 N–H and O–H groups in total. The Balaban J connectivity index is 2.88. The summed E-state index contributed by atoms with van der Waals surface area (Å²) in [5.41, 5.74) is -0.480. The Morgan fingerprint density at radius 1 is 1.35 bits per heavy atom. The Bertz CT molecular complexity index is 507. The topological polar surface area (TPSA) is 70.2 Å². The van der Waals surface area contributed by atoms with Crippen LogP contribution in [0.3, 0.4) is 0 Å². The molecule has 0 spiro atoms. The molecule has 0 radical (unpaired) electrons. The van der Waals surface area contributed by atoms with E-state index in [1.54, 1.807) is 0 Å². The van der Waals surface area contributed by atoms with Gasteiger partial charge in [-0.25, -0.2) is 12.7 Å². The second-order valence-electron chi connectivity index (χ2n) is 3.91. The van der Waals surface area contributed by atoms with Gasteiger partial charge in [0.25, 0.3) is 0 Å². The van der Waals surface area contributed by atoms with Crippen molar-refractivity contribution in [1.29, 1.82) is 0 Å². The predicted molar refractivity (Wildman–Crippen MR) is 66.4 cm³/mol. The number of unbranched alkanes of at least 4 members (excludes halogenated alkanes) is 2. The molecule has 0 aliphatic carbocycles. The molecule has 0 fully saturated rings. The number of rotatable bonds is 6. The van der Waals surface area contributed by atoms with E-state index in [0.29, 0.717) is 6.54 Å². The fraction of sp³-hybridized carbons (Fsp3) is 0.545. The highest BCUT2D eigenvalue weighted by molar-refractivity contribution is 7.89. The normalized spacial score (nSPS) is 11.9. The zero-order chi connectivity index (χ0) is 12.9. The van der Waals surface area contributed by atoms with Gasteiger partial charge in [0.15, 0.2) is 0 Å². The number of sulfonamides is 1. The molecule has 1 heterocycles. The quantitative estimate of drug-likeness (QED) is 0.779. The minimum atomic E-state index is -3.66. The molecule has 0 amide bonds.